The van der Waals surface area contributed by atoms with Crippen LogP contribution in [-0.4, -0.2) is 34.8 Å². The third-order valence-electron chi connectivity index (χ3n) is 6.40. The smallest absolute Gasteiger partial charge is 0.234 e. The highest BCUT2D eigenvalue weighted by molar-refractivity contribution is 8.01. The molecule has 3 N–H and O–H groups in total. The number of Topliss-reactive ketones (excluding diaryl/α,β-unsaturated/α-hetero) is 1. The van der Waals surface area contributed by atoms with Gasteiger partial charge in [-0.3, -0.25) is 14.5 Å². The first-order chi connectivity index (χ1) is 18.9. The van der Waals surface area contributed by atoms with Crippen LogP contribution in [0.4, 0.5) is 15.2 Å². The maximum Gasteiger partial charge on any atom is 0.234 e. The number of carbonyl (C=O) groups excluding carboxylic acids is 2. The molecule has 12 heteroatoms. The molecule has 3 aromatic rings. The van der Waals surface area contributed by atoms with Crippen LogP contribution >= 0.6 is 23.1 Å². The Morgan fingerprint density at radius 1 is 1.23 bits per heavy atom. The third kappa shape index (κ3) is 5.36. The molecule has 2 heterocycles. The normalized spacial score (nSPS) is 17.1. The Morgan fingerprint density at radius 3 is 2.67 bits per heavy atom. The summed E-state index contributed by atoms with van der Waals surface area (Å²) in [5.41, 5.74) is 9.37. The maximum absolute atomic E-state index is 13.2. The quantitative estimate of drug-likeness (QED) is 0.392. The van der Waals surface area contributed by atoms with Gasteiger partial charge in [0.2, 0.25) is 11.0 Å². The number of hydrogen-bond acceptors (Lipinski definition) is 10. The second-order valence-corrected chi connectivity index (χ2v) is 11.0. The van der Waals surface area contributed by atoms with Gasteiger partial charge in [-0.2, -0.15) is 5.26 Å². The lowest BCUT2D eigenvalue weighted by Gasteiger charge is -2.38. The monoisotopic (exact) mass is 562 g/mol. The van der Waals surface area contributed by atoms with Crippen LogP contribution in [-0.2, 0) is 9.59 Å². The Labute approximate surface area is 232 Å². The van der Waals surface area contributed by atoms with Crippen LogP contribution in [0.5, 0.6) is 5.75 Å². The van der Waals surface area contributed by atoms with Crippen molar-refractivity contribution in [2.75, 3.05) is 23.1 Å². The average molecular weight is 563 g/mol. The number of benzene rings is 2. The van der Waals surface area contributed by atoms with Gasteiger partial charge < -0.3 is 15.8 Å². The molecule has 1 unspecified atom stereocenters. The third-order valence-corrected chi connectivity index (χ3v) is 8.45. The highest BCUT2D eigenvalue weighted by Crippen LogP contribution is 2.47. The summed E-state index contributed by atoms with van der Waals surface area (Å²) < 4.78 is 18.9. The molecule has 1 aromatic heterocycles. The number of hydrogen-bond donors (Lipinski definition) is 2. The van der Waals surface area contributed by atoms with Gasteiger partial charge in [0.25, 0.3) is 0 Å². The summed E-state index contributed by atoms with van der Waals surface area (Å²) in [6.45, 7) is 0. The van der Waals surface area contributed by atoms with E-state index in [1.807, 2.05) is 12.1 Å². The second-order valence-electron chi connectivity index (χ2n) is 8.78. The lowest BCUT2D eigenvalue weighted by Crippen LogP contribution is -2.38. The topological polar surface area (TPSA) is 134 Å². The fraction of sp³-hybridized carbons (Fsp3) is 0.222. The Hall–Kier alpha value is -4.21. The first-order valence-corrected chi connectivity index (χ1v) is 13.8. The van der Waals surface area contributed by atoms with E-state index in [2.05, 4.69) is 21.6 Å². The average Bonchev–Trinajstić information content (AvgIpc) is 3.41. The second kappa shape index (κ2) is 11.3. The van der Waals surface area contributed by atoms with Gasteiger partial charge in [0.1, 0.15) is 17.4 Å². The molecule has 1 aliphatic carbocycles. The Bertz CT molecular complexity index is 1530. The maximum atomic E-state index is 13.2. The van der Waals surface area contributed by atoms with E-state index < -0.39 is 5.92 Å². The SMILES string of the molecule is COc1ccc(C2C(C#N)=C(N)N(c3nnc(SCC(=O)Nc4ccc(F)cc4)s3)C3=C2C(=O)CCC3)cc1. The molecule has 2 aliphatic rings. The molecule has 1 aliphatic heterocycles. The zero-order valence-electron chi connectivity index (χ0n) is 20.8. The standard InChI is InChI=1S/C27H23FN6O3S2/c1-37-18-11-5-15(6-12-18)23-19(13-29)25(30)34(20-3-2-4-21(35)24(20)23)26-32-33-27(39-26)38-14-22(36)31-17-9-7-16(28)8-10-17/h5-12,23H,2-4,14,30H2,1H3,(H,31,36). The number of carbonyl (C=O) groups is 2. The van der Waals surface area contributed by atoms with E-state index in [0.717, 1.165) is 5.56 Å². The molecule has 39 heavy (non-hydrogen) atoms. The molecule has 1 atom stereocenters. The van der Waals surface area contributed by atoms with E-state index >= 15 is 0 Å². The van der Waals surface area contributed by atoms with E-state index in [4.69, 9.17) is 10.5 Å². The van der Waals surface area contributed by atoms with Crippen molar-refractivity contribution in [1.82, 2.24) is 10.2 Å². The van der Waals surface area contributed by atoms with Gasteiger partial charge in [0, 0.05) is 23.4 Å². The Balaban J connectivity index is 1.41. The van der Waals surface area contributed by atoms with Crippen LogP contribution in [0, 0.1) is 17.1 Å². The molecular formula is C27H23FN6O3S2. The van der Waals surface area contributed by atoms with Gasteiger partial charge in [-0.1, -0.05) is 35.2 Å². The van der Waals surface area contributed by atoms with Crippen LogP contribution in [0.25, 0.3) is 0 Å². The zero-order chi connectivity index (χ0) is 27.5. The Kier molecular flexibility index (Phi) is 7.63. The summed E-state index contributed by atoms with van der Waals surface area (Å²) in [6, 6.07) is 15.0. The summed E-state index contributed by atoms with van der Waals surface area (Å²) >= 11 is 2.41. The number of nitrogens with zero attached hydrogens (tertiary/aromatic N) is 4. The lowest BCUT2D eigenvalue weighted by molar-refractivity contribution is -0.116. The molecule has 0 spiro atoms. The van der Waals surface area contributed by atoms with Crippen LogP contribution in [0.1, 0.15) is 30.7 Å². The molecular weight excluding hydrogens is 539 g/mol. The summed E-state index contributed by atoms with van der Waals surface area (Å²) in [4.78, 5) is 27.3. The summed E-state index contributed by atoms with van der Waals surface area (Å²) in [6.07, 6.45) is 1.64. The van der Waals surface area contributed by atoms with Crippen molar-refractivity contribution in [1.29, 1.82) is 5.26 Å². The number of amides is 1. The molecule has 198 valence electrons. The number of methoxy groups -OCH3 is 1. The van der Waals surface area contributed by atoms with E-state index in [0.29, 0.717) is 51.4 Å². The molecule has 0 fully saturated rings. The van der Waals surface area contributed by atoms with Crippen molar-refractivity contribution in [3.63, 3.8) is 0 Å². The van der Waals surface area contributed by atoms with Crippen molar-refractivity contribution in [2.45, 2.75) is 29.5 Å². The summed E-state index contributed by atoms with van der Waals surface area (Å²) in [5.74, 6) is -0.349. The van der Waals surface area contributed by atoms with Crippen molar-refractivity contribution in [3.8, 4) is 11.8 Å². The van der Waals surface area contributed by atoms with E-state index in [1.165, 1.54) is 47.4 Å². The fourth-order valence-electron chi connectivity index (χ4n) is 4.64. The molecule has 0 saturated carbocycles. The highest BCUT2D eigenvalue weighted by atomic mass is 32.2. The number of rotatable bonds is 7. The number of nitrogens with one attached hydrogen (secondary N) is 1. The molecule has 0 radical (unpaired) electrons. The van der Waals surface area contributed by atoms with Crippen molar-refractivity contribution < 1.29 is 18.7 Å². The number of thioether (sulfide) groups is 1. The van der Waals surface area contributed by atoms with Crippen LogP contribution in [0.15, 0.2) is 75.5 Å². The predicted molar refractivity (Wildman–Crippen MR) is 147 cm³/mol. The van der Waals surface area contributed by atoms with Gasteiger partial charge in [-0.05, 0) is 54.8 Å². The fourth-order valence-corrected chi connectivity index (χ4v) is 6.32. The zero-order valence-corrected chi connectivity index (χ0v) is 22.4. The van der Waals surface area contributed by atoms with Gasteiger partial charge in [-0.15, -0.1) is 10.2 Å². The summed E-state index contributed by atoms with van der Waals surface area (Å²) in [7, 11) is 1.57. The molecule has 5 rings (SSSR count). The number of anilines is 2. The number of ketones is 1. The first kappa shape index (κ1) is 26.4. The number of nitriles is 1. The number of allylic oxidation sites excluding steroid dienone is 3. The summed E-state index contributed by atoms with van der Waals surface area (Å²) in [5, 5.41) is 21.7. The van der Waals surface area contributed by atoms with E-state index in [-0.39, 0.29) is 34.7 Å². The van der Waals surface area contributed by atoms with Gasteiger partial charge in [-0.25, -0.2) is 4.39 Å². The number of aromatic nitrogens is 2. The van der Waals surface area contributed by atoms with Crippen molar-refractivity contribution in [3.05, 3.63) is 82.6 Å². The largest absolute Gasteiger partial charge is 0.497 e. The lowest BCUT2D eigenvalue weighted by atomic mass is 9.76. The van der Waals surface area contributed by atoms with Gasteiger partial charge in [0.05, 0.1) is 30.4 Å². The van der Waals surface area contributed by atoms with Gasteiger partial charge in [0.15, 0.2) is 10.1 Å². The molecule has 1 amide bonds. The van der Waals surface area contributed by atoms with E-state index in [1.54, 1.807) is 24.1 Å². The minimum absolute atomic E-state index is 0.0288. The van der Waals surface area contributed by atoms with Crippen LogP contribution < -0.4 is 20.7 Å². The highest BCUT2D eigenvalue weighted by Gasteiger charge is 2.41. The molecule has 2 aromatic carbocycles. The molecule has 9 nitrogen and oxygen atoms in total. The van der Waals surface area contributed by atoms with Crippen molar-refractivity contribution >= 4 is 45.6 Å². The minimum Gasteiger partial charge on any atom is -0.497 e. The number of halogens is 1. The number of ether oxygens (including phenoxy) is 1. The van der Waals surface area contributed by atoms with Gasteiger partial charge >= 0.3 is 0 Å². The molecule has 0 bridgehead atoms. The minimum atomic E-state index is -0.586. The first-order valence-electron chi connectivity index (χ1n) is 12.0. The Morgan fingerprint density at radius 2 is 1.97 bits per heavy atom. The predicted octanol–water partition coefficient (Wildman–Crippen LogP) is 4.72. The van der Waals surface area contributed by atoms with Crippen LogP contribution in [0.2, 0.25) is 0 Å². The molecule has 0 saturated heterocycles. The van der Waals surface area contributed by atoms with E-state index in [9.17, 15) is 19.2 Å². The van der Waals surface area contributed by atoms with Crippen molar-refractivity contribution in [2.24, 2.45) is 5.73 Å². The van der Waals surface area contributed by atoms with Crippen LogP contribution in [0.3, 0.4) is 0 Å². The number of nitrogens with two attached hydrogens (primary N) is 1.